The van der Waals surface area contributed by atoms with Gasteiger partial charge in [0.2, 0.25) is 10.0 Å². The minimum Gasteiger partial charge on any atom is -0.481 e. The maximum absolute atomic E-state index is 12.9. The molecule has 0 aliphatic carbocycles. The molecular weight excluding hydrogens is 441 g/mol. The molecule has 0 aliphatic heterocycles. The Morgan fingerprint density at radius 1 is 1.06 bits per heavy atom. The summed E-state index contributed by atoms with van der Waals surface area (Å²) in [4.78, 5) is 24.4. The van der Waals surface area contributed by atoms with Crippen LogP contribution in [0, 0.1) is 5.82 Å². The first kappa shape index (κ1) is 23.0. The van der Waals surface area contributed by atoms with E-state index in [2.05, 4.69) is 15.6 Å². The molecule has 0 bridgehead atoms. The third kappa shape index (κ3) is 6.15. The summed E-state index contributed by atoms with van der Waals surface area (Å²) < 4.78 is 50.7. The van der Waals surface area contributed by atoms with E-state index in [-0.39, 0.29) is 22.8 Å². The van der Waals surface area contributed by atoms with Crippen molar-refractivity contribution in [3.63, 3.8) is 0 Å². The van der Waals surface area contributed by atoms with Crippen molar-refractivity contribution < 1.29 is 31.6 Å². The van der Waals surface area contributed by atoms with Crippen molar-refractivity contribution in [2.24, 2.45) is 0 Å². The van der Waals surface area contributed by atoms with Gasteiger partial charge in [0.1, 0.15) is 17.3 Å². The molecule has 1 aromatic heterocycles. The highest BCUT2D eigenvalue weighted by Gasteiger charge is 2.19. The Hall–Kier alpha value is -3.70. The van der Waals surface area contributed by atoms with Crippen LogP contribution in [0.3, 0.4) is 0 Å². The topological polar surface area (TPSA) is 127 Å². The first-order valence-electron chi connectivity index (χ1n) is 9.39. The summed E-state index contributed by atoms with van der Waals surface area (Å²) in [6.45, 7) is 1.40. The van der Waals surface area contributed by atoms with E-state index in [1.807, 2.05) is 0 Å². The van der Waals surface area contributed by atoms with E-state index in [1.54, 1.807) is 12.1 Å². The van der Waals surface area contributed by atoms with Crippen LogP contribution in [0.2, 0.25) is 0 Å². The predicted octanol–water partition coefficient (Wildman–Crippen LogP) is 2.13. The number of hydrogen-bond acceptors (Lipinski definition) is 6. The zero-order chi connectivity index (χ0) is 23.1. The molecule has 11 heteroatoms. The Kier molecular flexibility index (Phi) is 7.23. The number of carbonyl (C=O) groups excluding carboxylic acids is 2. The zero-order valence-corrected chi connectivity index (χ0v) is 17.7. The number of benzene rings is 2. The monoisotopic (exact) mass is 461 g/mol. The lowest BCUT2D eigenvalue weighted by Crippen LogP contribution is -2.47. The molecule has 9 nitrogen and oxygen atoms in total. The Balaban J connectivity index is 1.56. The normalized spacial score (nSPS) is 12.1. The average molecular weight is 461 g/mol. The van der Waals surface area contributed by atoms with Gasteiger partial charge in [-0.2, -0.15) is 0 Å². The summed E-state index contributed by atoms with van der Waals surface area (Å²) in [5.41, 5.74) is 4.41. The summed E-state index contributed by atoms with van der Waals surface area (Å²) in [5, 5.41) is 0. The van der Waals surface area contributed by atoms with Gasteiger partial charge in [0.05, 0.1) is 17.7 Å². The maximum Gasteiger partial charge on any atom is 0.279 e. The van der Waals surface area contributed by atoms with Gasteiger partial charge in [-0.25, -0.2) is 17.5 Å². The highest BCUT2D eigenvalue weighted by molar-refractivity contribution is 7.89. The Morgan fingerprint density at radius 2 is 1.81 bits per heavy atom. The molecule has 0 fully saturated rings. The largest absolute Gasteiger partial charge is 0.481 e. The summed E-state index contributed by atoms with van der Waals surface area (Å²) >= 11 is 0. The lowest BCUT2D eigenvalue weighted by Gasteiger charge is -2.15. The molecule has 3 N–H and O–H groups in total. The van der Waals surface area contributed by atoms with Crippen LogP contribution in [0.15, 0.2) is 76.2 Å². The number of hydrazine groups is 1. The van der Waals surface area contributed by atoms with E-state index in [9.17, 15) is 22.4 Å². The zero-order valence-electron chi connectivity index (χ0n) is 16.9. The van der Waals surface area contributed by atoms with E-state index < -0.39 is 33.8 Å². The Morgan fingerprint density at radius 3 is 2.50 bits per heavy atom. The molecule has 3 rings (SSSR count). The standard InChI is InChI=1S/C21H20FN3O6S/c1-14(31-17-9-7-16(22)8-10-17)20(26)24-25-21(27)15-4-2-6-19(12-15)32(28,29)23-13-18-5-3-11-30-18/h2-12,14,23H,13H2,1H3,(H,24,26)(H,25,27). The first-order chi connectivity index (χ1) is 15.2. The van der Waals surface area contributed by atoms with E-state index >= 15 is 0 Å². The van der Waals surface area contributed by atoms with Crippen LogP contribution in [0.4, 0.5) is 4.39 Å². The predicted molar refractivity (Wildman–Crippen MR) is 111 cm³/mol. The van der Waals surface area contributed by atoms with Crippen LogP contribution in [-0.4, -0.2) is 26.3 Å². The van der Waals surface area contributed by atoms with Gasteiger partial charge >= 0.3 is 0 Å². The van der Waals surface area contributed by atoms with Gasteiger partial charge in [-0.15, -0.1) is 0 Å². The number of nitrogens with one attached hydrogen (secondary N) is 3. The Bertz CT molecular complexity index is 1180. The summed E-state index contributed by atoms with van der Waals surface area (Å²) in [6.07, 6.45) is 0.437. The van der Waals surface area contributed by atoms with Gasteiger partial charge in [0, 0.05) is 5.56 Å². The number of furan rings is 1. The molecule has 168 valence electrons. The summed E-state index contributed by atoms with van der Waals surface area (Å²) in [5.74, 6) is -1.12. The molecule has 0 saturated heterocycles. The number of ether oxygens (including phenoxy) is 1. The molecule has 32 heavy (non-hydrogen) atoms. The number of rotatable bonds is 8. The summed E-state index contributed by atoms with van der Waals surface area (Å²) in [7, 11) is -3.90. The molecular formula is C21H20FN3O6S. The molecule has 1 unspecified atom stereocenters. The number of hydrogen-bond donors (Lipinski definition) is 3. The third-order valence-corrected chi connectivity index (χ3v) is 5.62. The third-order valence-electron chi connectivity index (χ3n) is 4.22. The SMILES string of the molecule is CC(Oc1ccc(F)cc1)C(=O)NNC(=O)c1cccc(S(=O)(=O)NCc2ccco2)c1. The van der Waals surface area contributed by atoms with E-state index in [1.165, 1.54) is 61.7 Å². The molecule has 0 aliphatic rings. The average Bonchev–Trinajstić information content (AvgIpc) is 3.31. The van der Waals surface area contributed by atoms with Crippen LogP contribution in [-0.2, 0) is 21.4 Å². The van der Waals surface area contributed by atoms with Crippen molar-refractivity contribution in [2.45, 2.75) is 24.5 Å². The van der Waals surface area contributed by atoms with Crippen molar-refractivity contribution in [1.82, 2.24) is 15.6 Å². The number of amides is 2. The highest BCUT2D eigenvalue weighted by atomic mass is 32.2. The molecule has 0 radical (unpaired) electrons. The fourth-order valence-corrected chi connectivity index (χ4v) is 3.57. The maximum atomic E-state index is 12.9. The lowest BCUT2D eigenvalue weighted by atomic mass is 10.2. The van der Waals surface area contributed by atoms with E-state index in [0.717, 1.165) is 0 Å². The quantitative estimate of drug-likeness (QED) is 0.441. The number of carbonyl (C=O) groups is 2. The van der Waals surface area contributed by atoms with Crippen molar-refractivity contribution in [3.8, 4) is 5.75 Å². The van der Waals surface area contributed by atoms with Gasteiger partial charge in [-0.1, -0.05) is 6.07 Å². The number of halogens is 1. The van der Waals surface area contributed by atoms with Gasteiger partial charge in [-0.05, 0) is 61.5 Å². The number of sulfonamides is 1. The Labute approximate surface area is 183 Å². The lowest BCUT2D eigenvalue weighted by molar-refractivity contribution is -0.128. The highest BCUT2D eigenvalue weighted by Crippen LogP contribution is 2.14. The van der Waals surface area contributed by atoms with Crippen LogP contribution in [0.25, 0.3) is 0 Å². The smallest absolute Gasteiger partial charge is 0.279 e. The fourth-order valence-electron chi connectivity index (χ4n) is 2.53. The van der Waals surface area contributed by atoms with Crippen molar-refractivity contribution in [2.75, 3.05) is 0 Å². The van der Waals surface area contributed by atoms with Crippen LogP contribution in [0.1, 0.15) is 23.0 Å². The molecule has 1 heterocycles. The van der Waals surface area contributed by atoms with Crippen molar-refractivity contribution in [1.29, 1.82) is 0 Å². The fraction of sp³-hybridized carbons (Fsp3) is 0.143. The van der Waals surface area contributed by atoms with Crippen LogP contribution < -0.4 is 20.3 Å². The van der Waals surface area contributed by atoms with Crippen LogP contribution in [0.5, 0.6) is 5.75 Å². The van der Waals surface area contributed by atoms with E-state index in [0.29, 0.717) is 5.76 Å². The van der Waals surface area contributed by atoms with Crippen LogP contribution >= 0.6 is 0 Å². The molecule has 3 aromatic rings. The molecule has 2 aromatic carbocycles. The molecule has 0 spiro atoms. The van der Waals surface area contributed by atoms with Gasteiger partial charge in [-0.3, -0.25) is 20.4 Å². The van der Waals surface area contributed by atoms with Gasteiger partial charge in [0.15, 0.2) is 6.10 Å². The molecule has 2 amide bonds. The second-order valence-electron chi connectivity index (χ2n) is 6.59. The summed E-state index contributed by atoms with van der Waals surface area (Å²) in [6, 6.07) is 13.7. The van der Waals surface area contributed by atoms with E-state index in [4.69, 9.17) is 9.15 Å². The first-order valence-corrected chi connectivity index (χ1v) is 10.9. The van der Waals surface area contributed by atoms with Crippen molar-refractivity contribution >= 4 is 21.8 Å². The second-order valence-corrected chi connectivity index (χ2v) is 8.36. The molecule has 0 saturated carbocycles. The second kappa shape index (κ2) is 10.1. The van der Waals surface area contributed by atoms with Crippen molar-refractivity contribution in [3.05, 3.63) is 84.1 Å². The van der Waals surface area contributed by atoms with Gasteiger partial charge < -0.3 is 9.15 Å². The minimum absolute atomic E-state index is 0.0123. The minimum atomic E-state index is -3.90. The van der Waals surface area contributed by atoms with Gasteiger partial charge in [0.25, 0.3) is 11.8 Å². The molecule has 1 atom stereocenters.